The second kappa shape index (κ2) is 5.54. The van der Waals surface area contributed by atoms with Crippen molar-refractivity contribution in [1.82, 2.24) is 14.3 Å². The van der Waals surface area contributed by atoms with Crippen LogP contribution in [0.15, 0.2) is 29.4 Å². The highest BCUT2D eigenvalue weighted by molar-refractivity contribution is 7.16. The van der Waals surface area contributed by atoms with E-state index in [2.05, 4.69) is 16.0 Å². The predicted octanol–water partition coefficient (Wildman–Crippen LogP) is 1.54. The molecule has 0 bridgehead atoms. The first-order valence-corrected chi connectivity index (χ1v) is 7.92. The molecule has 24 heavy (non-hydrogen) atoms. The molecule has 1 aliphatic rings. The molecule has 1 aliphatic heterocycles. The van der Waals surface area contributed by atoms with Gasteiger partial charge in [0.15, 0.2) is 16.3 Å². The summed E-state index contributed by atoms with van der Waals surface area (Å²) in [5.41, 5.74) is 1.27. The van der Waals surface area contributed by atoms with Crippen LogP contribution in [0.4, 0.5) is 0 Å². The highest BCUT2D eigenvalue weighted by Gasteiger charge is 2.18. The van der Waals surface area contributed by atoms with Gasteiger partial charge in [0.1, 0.15) is 5.69 Å². The van der Waals surface area contributed by atoms with E-state index in [1.165, 1.54) is 16.0 Å². The van der Waals surface area contributed by atoms with Crippen LogP contribution >= 0.6 is 11.3 Å². The summed E-state index contributed by atoms with van der Waals surface area (Å²) in [6, 6.07) is 5.36. The first kappa shape index (κ1) is 14.5. The summed E-state index contributed by atoms with van der Waals surface area (Å²) in [5, 5.41) is 3.99. The topological polar surface area (TPSA) is 70.6 Å². The molecule has 0 unspecified atom stereocenters. The molecule has 3 aromatic rings. The molecular weight excluding hydrogens is 328 g/mol. The zero-order valence-corrected chi connectivity index (χ0v) is 13.5. The van der Waals surface area contributed by atoms with Crippen LogP contribution in [0.2, 0.25) is 0 Å². The van der Waals surface area contributed by atoms with Crippen LogP contribution in [-0.4, -0.2) is 27.0 Å². The fraction of sp³-hybridized carbons (Fsp3) is 0.188. The Morgan fingerprint density at radius 2 is 2.25 bits per heavy atom. The first-order valence-electron chi connectivity index (χ1n) is 7.11. The molecule has 1 amide bonds. The van der Waals surface area contributed by atoms with Gasteiger partial charge in [-0.3, -0.25) is 9.48 Å². The molecule has 2 aromatic heterocycles. The maximum Gasteiger partial charge on any atom is 0.297 e. The van der Waals surface area contributed by atoms with E-state index in [0.29, 0.717) is 28.5 Å². The molecular formula is C16H12N4O3S. The van der Waals surface area contributed by atoms with Crippen LogP contribution in [-0.2, 0) is 13.6 Å². The Morgan fingerprint density at radius 3 is 2.96 bits per heavy atom. The molecule has 4 rings (SSSR count). The van der Waals surface area contributed by atoms with Crippen molar-refractivity contribution in [3.63, 3.8) is 0 Å². The van der Waals surface area contributed by atoms with Crippen molar-refractivity contribution in [2.75, 3.05) is 6.79 Å². The Kier molecular flexibility index (Phi) is 3.36. The van der Waals surface area contributed by atoms with Crippen molar-refractivity contribution in [3.8, 4) is 23.8 Å². The van der Waals surface area contributed by atoms with E-state index in [-0.39, 0.29) is 12.7 Å². The van der Waals surface area contributed by atoms with Gasteiger partial charge in [-0.05, 0) is 6.07 Å². The van der Waals surface area contributed by atoms with Crippen LogP contribution in [0.1, 0.15) is 10.5 Å². The van der Waals surface area contributed by atoms with Gasteiger partial charge in [-0.25, -0.2) is 0 Å². The van der Waals surface area contributed by atoms with Crippen molar-refractivity contribution in [2.45, 2.75) is 6.54 Å². The van der Waals surface area contributed by atoms with Crippen LogP contribution in [0.25, 0.3) is 10.2 Å². The number of thiazole rings is 1. The molecule has 1 aromatic carbocycles. The molecule has 3 heterocycles. The van der Waals surface area contributed by atoms with Crippen LogP contribution in [0.3, 0.4) is 0 Å². The van der Waals surface area contributed by atoms with Gasteiger partial charge in [0, 0.05) is 25.4 Å². The first-order chi connectivity index (χ1) is 11.7. The lowest BCUT2D eigenvalue weighted by molar-refractivity contribution is 0.0989. The number of rotatable bonds is 2. The number of carbonyl (C=O) groups is 1. The lowest BCUT2D eigenvalue weighted by atomic mass is 10.3. The lowest BCUT2D eigenvalue weighted by Gasteiger charge is -2.01. The molecule has 0 atom stereocenters. The highest BCUT2D eigenvalue weighted by atomic mass is 32.1. The van der Waals surface area contributed by atoms with Crippen molar-refractivity contribution in [2.24, 2.45) is 12.0 Å². The number of hydrogen-bond donors (Lipinski definition) is 0. The predicted molar refractivity (Wildman–Crippen MR) is 87.9 cm³/mol. The number of aromatic nitrogens is 3. The van der Waals surface area contributed by atoms with Crippen molar-refractivity contribution in [3.05, 3.63) is 34.9 Å². The van der Waals surface area contributed by atoms with Gasteiger partial charge in [-0.2, -0.15) is 10.1 Å². The molecule has 0 N–H and O–H groups in total. The molecule has 0 aliphatic carbocycles. The molecule has 0 spiro atoms. The van der Waals surface area contributed by atoms with Crippen molar-refractivity contribution < 1.29 is 14.3 Å². The number of aryl methyl sites for hydroxylation is 1. The molecule has 8 heteroatoms. The van der Waals surface area contributed by atoms with Gasteiger partial charge in [0.25, 0.3) is 5.91 Å². The summed E-state index contributed by atoms with van der Waals surface area (Å²) in [5.74, 6) is 3.57. The third-order valence-corrected chi connectivity index (χ3v) is 4.70. The van der Waals surface area contributed by atoms with Crippen molar-refractivity contribution >= 4 is 27.5 Å². The number of nitrogens with zero attached hydrogens (tertiary/aromatic N) is 4. The van der Waals surface area contributed by atoms with Gasteiger partial charge >= 0.3 is 0 Å². The van der Waals surface area contributed by atoms with E-state index in [1.54, 1.807) is 19.3 Å². The van der Waals surface area contributed by atoms with Gasteiger partial charge in [0.05, 0.1) is 16.8 Å². The van der Waals surface area contributed by atoms with Gasteiger partial charge in [-0.1, -0.05) is 17.3 Å². The molecule has 0 fully saturated rings. The maximum atomic E-state index is 12.4. The van der Waals surface area contributed by atoms with E-state index in [0.717, 1.165) is 10.2 Å². The standard InChI is InChI=1S/C16H12N4O3S/c1-3-6-20-11-7-12-13(23-9-22-12)8-14(11)24-16(20)18-15(21)10-4-5-17-19(10)2/h1,4-5,7-8H,6,9H2,2H3. The molecule has 120 valence electrons. The Labute approximate surface area is 140 Å². The van der Waals surface area contributed by atoms with Gasteiger partial charge < -0.3 is 14.0 Å². The zero-order valence-electron chi connectivity index (χ0n) is 12.7. The van der Waals surface area contributed by atoms with Crippen LogP contribution in [0, 0.1) is 12.3 Å². The monoisotopic (exact) mass is 340 g/mol. The summed E-state index contributed by atoms with van der Waals surface area (Å²) in [4.78, 5) is 17.1. The number of benzene rings is 1. The van der Waals surface area contributed by atoms with E-state index in [1.807, 2.05) is 16.7 Å². The highest BCUT2D eigenvalue weighted by Crippen LogP contribution is 2.36. The number of carbonyl (C=O) groups excluding carboxylic acids is 1. The SMILES string of the molecule is C#CCn1c(=NC(=O)c2ccnn2C)sc2cc3c(cc21)OCO3. The van der Waals surface area contributed by atoms with E-state index in [4.69, 9.17) is 15.9 Å². The Hall–Kier alpha value is -3.05. The van der Waals surface area contributed by atoms with E-state index >= 15 is 0 Å². The largest absolute Gasteiger partial charge is 0.454 e. The Balaban J connectivity index is 1.90. The van der Waals surface area contributed by atoms with Gasteiger partial charge in [-0.15, -0.1) is 6.42 Å². The lowest BCUT2D eigenvalue weighted by Crippen LogP contribution is -2.17. The van der Waals surface area contributed by atoms with E-state index < -0.39 is 0 Å². The van der Waals surface area contributed by atoms with Crippen LogP contribution in [0.5, 0.6) is 11.5 Å². The number of ether oxygens (including phenoxy) is 2. The molecule has 7 nitrogen and oxygen atoms in total. The normalized spacial score (nSPS) is 13.4. The number of hydrogen-bond acceptors (Lipinski definition) is 5. The zero-order chi connectivity index (χ0) is 16.7. The van der Waals surface area contributed by atoms with E-state index in [9.17, 15) is 4.79 Å². The minimum absolute atomic E-state index is 0.206. The second-order valence-corrected chi connectivity index (χ2v) is 6.11. The molecule has 0 saturated heterocycles. The minimum atomic E-state index is -0.368. The quantitative estimate of drug-likeness (QED) is 0.664. The summed E-state index contributed by atoms with van der Waals surface area (Å²) in [6.07, 6.45) is 7.04. The number of amides is 1. The average Bonchev–Trinajstić information content (AvgIpc) is 3.25. The van der Waals surface area contributed by atoms with Gasteiger partial charge in [0.2, 0.25) is 6.79 Å². The number of terminal acetylenes is 1. The summed E-state index contributed by atoms with van der Waals surface area (Å²) in [7, 11) is 1.70. The summed E-state index contributed by atoms with van der Waals surface area (Å²) in [6.45, 7) is 0.509. The third kappa shape index (κ3) is 2.26. The van der Waals surface area contributed by atoms with Crippen molar-refractivity contribution in [1.29, 1.82) is 0 Å². The Morgan fingerprint density at radius 1 is 1.46 bits per heavy atom. The fourth-order valence-corrected chi connectivity index (χ4v) is 3.55. The average molecular weight is 340 g/mol. The number of fused-ring (bicyclic) bond motifs is 2. The fourth-order valence-electron chi connectivity index (χ4n) is 2.52. The second-order valence-electron chi connectivity index (χ2n) is 5.11. The molecule has 0 saturated carbocycles. The maximum absolute atomic E-state index is 12.4. The third-order valence-electron chi connectivity index (χ3n) is 3.66. The molecule has 0 radical (unpaired) electrons. The minimum Gasteiger partial charge on any atom is -0.454 e. The Bertz CT molecular complexity index is 1070. The summed E-state index contributed by atoms with van der Waals surface area (Å²) < 4.78 is 15.0. The smallest absolute Gasteiger partial charge is 0.297 e. The van der Waals surface area contributed by atoms with Crippen LogP contribution < -0.4 is 14.3 Å². The summed E-state index contributed by atoms with van der Waals surface area (Å²) >= 11 is 1.38.